The summed E-state index contributed by atoms with van der Waals surface area (Å²) in [5.74, 6) is -0.406. The Bertz CT molecular complexity index is 926. The second-order valence-electron chi connectivity index (χ2n) is 5.17. The number of H-pyrrole nitrogens is 1. The van der Waals surface area contributed by atoms with Crippen molar-refractivity contribution in [2.75, 3.05) is 0 Å². The van der Waals surface area contributed by atoms with Crippen LogP contribution in [0.15, 0.2) is 42.5 Å². The van der Waals surface area contributed by atoms with Crippen molar-refractivity contribution in [3.8, 4) is 5.75 Å². The highest BCUT2D eigenvalue weighted by Gasteiger charge is 2.35. The number of aromatic amines is 1. The highest BCUT2D eigenvalue weighted by atomic mass is 16.5. The van der Waals surface area contributed by atoms with Gasteiger partial charge in [-0.05, 0) is 24.3 Å². The molecule has 108 valence electrons. The van der Waals surface area contributed by atoms with E-state index in [2.05, 4.69) is 4.98 Å². The summed E-state index contributed by atoms with van der Waals surface area (Å²) < 4.78 is 5.45. The van der Waals surface area contributed by atoms with E-state index >= 15 is 0 Å². The first-order valence-corrected chi connectivity index (χ1v) is 6.78. The number of aldehydes is 1. The van der Waals surface area contributed by atoms with Crippen molar-refractivity contribution in [2.24, 2.45) is 0 Å². The molecule has 0 saturated carbocycles. The van der Waals surface area contributed by atoms with Gasteiger partial charge in [-0.25, -0.2) is 4.79 Å². The quantitative estimate of drug-likeness (QED) is 0.562. The molecule has 0 amide bonds. The van der Waals surface area contributed by atoms with Crippen LogP contribution >= 0.6 is 0 Å². The maximum absolute atomic E-state index is 12.0. The molecule has 2 N–H and O–H groups in total. The second kappa shape index (κ2) is 4.46. The van der Waals surface area contributed by atoms with Crippen molar-refractivity contribution < 1.29 is 19.4 Å². The Morgan fingerprint density at radius 3 is 2.82 bits per heavy atom. The number of hydrogen-bond acceptors (Lipinski definition) is 4. The van der Waals surface area contributed by atoms with Crippen LogP contribution in [0.3, 0.4) is 0 Å². The Kier molecular flexibility index (Phi) is 2.56. The molecule has 0 radical (unpaired) electrons. The van der Waals surface area contributed by atoms with Gasteiger partial charge < -0.3 is 14.8 Å². The van der Waals surface area contributed by atoms with E-state index in [1.165, 1.54) is 18.2 Å². The normalized spacial score (nSPS) is 16.5. The van der Waals surface area contributed by atoms with Gasteiger partial charge in [0.1, 0.15) is 5.75 Å². The molecule has 4 rings (SSSR count). The Hall–Kier alpha value is -3.08. The topological polar surface area (TPSA) is 79.4 Å². The van der Waals surface area contributed by atoms with Crippen LogP contribution in [0.2, 0.25) is 0 Å². The number of aromatic hydroxyl groups is 1. The lowest BCUT2D eigenvalue weighted by Gasteiger charge is -2.11. The molecule has 1 atom stereocenters. The summed E-state index contributed by atoms with van der Waals surface area (Å²) in [6.45, 7) is 0. The number of aromatic nitrogens is 1. The van der Waals surface area contributed by atoms with Gasteiger partial charge in [0.2, 0.25) is 0 Å². The zero-order chi connectivity index (χ0) is 15.3. The highest BCUT2D eigenvalue weighted by Crippen LogP contribution is 2.41. The highest BCUT2D eigenvalue weighted by molar-refractivity contribution is 5.98. The summed E-state index contributed by atoms with van der Waals surface area (Å²) in [5.41, 5.74) is 2.76. The van der Waals surface area contributed by atoms with Gasteiger partial charge in [-0.1, -0.05) is 18.2 Å². The SMILES string of the molecule is O=Cc1[nH]c2ccccc2c1C1OC(=O)c2ccc(O)cc21. The first-order chi connectivity index (χ1) is 10.7. The first kappa shape index (κ1) is 12.6. The van der Waals surface area contributed by atoms with E-state index < -0.39 is 12.1 Å². The number of phenols is 1. The van der Waals surface area contributed by atoms with Crippen molar-refractivity contribution in [2.45, 2.75) is 6.10 Å². The van der Waals surface area contributed by atoms with Crippen LogP contribution in [-0.2, 0) is 4.74 Å². The van der Waals surface area contributed by atoms with E-state index in [4.69, 9.17) is 4.74 Å². The Morgan fingerprint density at radius 1 is 1.18 bits per heavy atom. The van der Waals surface area contributed by atoms with E-state index in [0.29, 0.717) is 28.7 Å². The molecule has 22 heavy (non-hydrogen) atoms. The van der Waals surface area contributed by atoms with Gasteiger partial charge in [0.15, 0.2) is 12.4 Å². The van der Waals surface area contributed by atoms with Crippen LogP contribution < -0.4 is 0 Å². The molecule has 2 heterocycles. The second-order valence-corrected chi connectivity index (χ2v) is 5.17. The predicted octanol–water partition coefficient (Wildman–Crippen LogP) is 2.95. The van der Waals surface area contributed by atoms with Crippen LogP contribution in [0.25, 0.3) is 10.9 Å². The van der Waals surface area contributed by atoms with E-state index in [-0.39, 0.29) is 5.75 Å². The van der Waals surface area contributed by atoms with E-state index in [1.807, 2.05) is 24.3 Å². The lowest BCUT2D eigenvalue weighted by molar-refractivity contribution is 0.0456. The van der Waals surface area contributed by atoms with Crippen molar-refractivity contribution in [1.82, 2.24) is 4.98 Å². The molecule has 2 aromatic carbocycles. The van der Waals surface area contributed by atoms with E-state index in [9.17, 15) is 14.7 Å². The first-order valence-electron chi connectivity index (χ1n) is 6.78. The number of benzene rings is 2. The number of rotatable bonds is 2. The summed E-state index contributed by atoms with van der Waals surface area (Å²) in [5, 5.41) is 10.5. The molecule has 0 fully saturated rings. The zero-order valence-electron chi connectivity index (χ0n) is 11.4. The number of para-hydroxylation sites is 1. The molecule has 0 aliphatic carbocycles. The minimum Gasteiger partial charge on any atom is -0.508 e. The smallest absolute Gasteiger partial charge is 0.339 e. The summed E-state index contributed by atoms with van der Waals surface area (Å²) in [7, 11) is 0. The van der Waals surface area contributed by atoms with Gasteiger partial charge in [0.25, 0.3) is 0 Å². The van der Waals surface area contributed by atoms with Gasteiger partial charge in [0, 0.05) is 22.0 Å². The number of ether oxygens (including phenoxy) is 1. The third kappa shape index (κ3) is 1.65. The fraction of sp³-hybridized carbons (Fsp3) is 0.0588. The summed E-state index contributed by atoms with van der Waals surface area (Å²) in [6.07, 6.45) is 0.00944. The van der Waals surface area contributed by atoms with E-state index in [1.54, 1.807) is 0 Å². The third-order valence-electron chi connectivity index (χ3n) is 3.92. The maximum atomic E-state index is 12.0. The number of esters is 1. The lowest BCUT2D eigenvalue weighted by Crippen LogP contribution is -2.03. The minimum atomic E-state index is -0.703. The van der Waals surface area contributed by atoms with Crippen LogP contribution in [0.1, 0.15) is 38.1 Å². The van der Waals surface area contributed by atoms with Crippen molar-refractivity contribution in [3.63, 3.8) is 0 Å². The molecule has 1 unspecified atom stereocenters. The molecular formula is C17H11NO4. The van der Waals surface area contributed by atoms with Crippen LogP contribution in [-0.4, -0.2) is 22.3 Å². The van der Waals surface area contributed by atoms with Gasteiger partial charge in [-0.15, -0.1) is 0 Å². The average molecular weight is 293 g/mol. The largest absolute Gasteiger partial charge is 0.508 e. The number of carbonyl (C=O) groups excluding carboxylic acids is 2. The van der Waals surface area contributed by atoms with Gasteiger partial charge in [-0.2, -0.15) is 0 Å². The number of phenolic OH excluding ortho intramolecular Hbond substituents is 1. The summed E-state index contributed by atoms with van der Waals surface area (Å²) >= 11 is 0. The van der Waals surface area contributed by atoms with Crippen LogP contribution in [0.5, 0.6) is 5.75 Å². The van der Waals surface area contributed by atoms with Crippen LogP contribution in [0.4, 0.5) is 0 Å². The number of hydrogen-bond donors (Lipinski definition) is 2. The zero-order valence-corrected chi connectivity index (χ0v) is 11.4. The van der Waals surface area contributed by atoms with Crippen molar-refractivity contribution in [3.05, 3.63) is 64.8 Å². The van der Waals surface area contributed by atoms with E-state index in [0.717, 1.165) is 10.9 Å². The summed E-state index contributed by atoms with van der Waals surface area (Å²) in [6, 6.07) is 11.9. The van der Waals surface area contributed by atoms with Gasteiger partial charge in [-0.3, -0.25) is 4.79 Å². The maximum Gasteiger partial charge on any atom is 0.339 e. The Morgan fingerprint density at radius 2 is 2.00 bits per heavy atom. The molecular weight excluding hydrogens is 282 g/mol. The van der Waals surface area contributed by atoms with Crippen molar-refractivity contribution >= 4 is 23.2 Å². The molecule has 3 aromatic rings. The molecule has 0 spiro atoms. The molecule has 0 bridgehead atoms. The Balaban J connectivity index is 2.00. The predicted molar refractivity (Wildman–Crippen MR) is 79.1 cm³/mol. The fourth-order valence-electron chi connectivity index (χ4n) is 2.96. The van der Waals surface area contributed by atoms with Gasteiger partial charge >= 0.3 is 5.97 Å². The van der Waals surface area contributed by atoms with Crippen LogP contribution in [0, 0.1) is 0 Å². The molecule has 1 aliphatic rings. The van der Waals surface area contributed by atoms with Crippen molar-refractivity contribution in [1.29, 1.82) is 0 Å². The summed E-state index contributed by atoms with van der Waals surface area (Å²) in [4.78, 5) is 26.4. The molecule has 5 nitrogen and oxygen atoms in total. The number of nitrogens with one attached hydrogen (secondary N) is 1. The molecule has 1 aliphatic heterocycles. The monoisotopic (exact) mass is 293 g/mol. The minimum absolute atomic E-state index is 0.0505. The molecule has 1 aromatic heterocycles. The van der Waals surface area contributed by atoms with Gasteiger partial charge in [0.05, 0.1) is 11.3 Å². The number of carbonyl (C=O) groups is 2. The number of cyclic esters (lactones) is 1. The lowest BCUT2D eigenvalue weighted by atomic mass is 9.97. The Labute approximate surface area is 125 Å². The fourth-order valence-corrected chi connectivity index (χ4v) is 2.96. The molecule has 5 heteroatoms. The third-order valence-corrected chi connectivity index (χ3v) is 3.92. The number of fused-ring (bicyclic) bond motifs is 2. The average Bonchev–Trinajstić information content (AvgIpc) is 3.04. The standard InChI is InChI=1S/C17H11NO4/c19-8-14-15(11-3-1-2-4-13(11)18-14)16-12-7-9(20)5-6-10(12)17(21)22-16/h1-8,16,18,20H. The molecule has 0 saturated heterocycles.